The van der Waals surface area contributed by atoms with Crippen molar-refractivity contribution < 1.29 is 9.53 Å². The third-order valence-corrected chi connectivity index (χ3v) is 5.36. The van der Waals surface area contributed by atoms with E-state index in [0.717, 1.165) is 63.2 Å². The van der Waals surface area contributed by atoms with Gasteiger partial charge in [-0.1, -0.05) is 18.6 Å². The van der Waals surface area contributed by atoms with Crippen LogP contribution >= 0.6 is 0 Å². The molecule has 1 heterocycles. The van der Waals surface area contributed by atoms with E-state index < -0.39 is 0 Å². The molecule has 132 valence electrons. The molecule has 1 aromatic rings. The minimum atomic E-state index is 0.112. The van der Waals surface area contributed by atoms with E-state index in [0.29, 0.717) is 5.92 Å². The van der Waals surface area contributed by atoms with Gasteiger partial charge in [0.1, 0.15) is 5.75 Å². The van der Waals surface area contributed by atoms with Crippen LogP contribution in [-0.2, 0) is 4.79 Å². The maximum absolute atomic E-state index is 12.4. The predicted octanol–water partition coefficient (Wildman–Crippen LogP) is 2.16. The minimum absolute atomic E-state index is 0.112. The van der Waals surface area contributed by atoms with Gasteiger partial charge >= 0.3 is 0 Å². The highest BCUT2D eigenvalue weighted by Gasteiger charge is 2.28. The Morgan fingerprint density at radius 3 is 2.96 bits per heavy atom. The van der Waals surface area contributed by atoms with E-state index >= 15 is 0 Å². The molecule has 24 heavy (non-hydrogen) atoms. The van der Waals surface area contributed by atoms with Crippen molar-refractivity contribution >= 4 is 11.6 Å². The van der Waals surface area contributed by atoms with E-state index in [1.807, 2.05) is 18.2 Å². The van der Waals surface area contributed by atoms with Crippen molar-refractivity contribution in [2.75, 3.05) is 31.6 Å². The number of rotatable bonds is 5. The molecule has 0 aromatic heterocycles. The highest BCUT2D eigenvalue weighted by molar-refractivity contribution is 5.78. The number of nitrogens with two attached hydrogens (primary N) is 1. The Hall–Kier alpha value is -1.75. The first-order chi connectivity index (χ1) is 11.7. The lowest BCUT2D eigenvalue weighted by molar-refractivity contribution is -0.126. The lowest BCUT2D eigenvalue weighted by Gasteiger charge is -2.26. The number of para-hydroxylation sites is 2. The van der Waals surface area contributed by atoms with E-state index in [9.17, 15) is 4.79 Å². The molecule has 5 nitrogen and oxygen atoms in total. The summed E-state index contributed by atoms with van der Waals surface area (Å²) in [5, 5.41) is 3.16. The van der Waals surface area contributed by atoms with Crippen molar-refractivity contribution in [1.82, 2.24) is 5.32 Å². The van der Waals surface area contributed by atoms with E-state index in [4.69, 9.17) is 10.5 Å². The van der Waals surface area contributed by atoms with Gasteiger partial charge in [-0.15, -0.1) is 0 Å². The molecule has 0 bridgehead atoms. The molecular weight excluding hydrogens is 302 g/mol. The fourth-order valence-corrected chi connectivity index (χ4v) is 3.96. The van der Waals surface area contributed by atoms with Gasteiger partial charge in [0.2, 0.25) is 5.91 Å². The monoisotopic (exact) mass is 331 g/mol. The molecule has 3 rings (SSSR count). The normalized spacial score (nSPS) is 27.1. The number of carbonyl (C=O) groups excluding carboxylic acids is 1. The molecule has 1 saturated carbocycles. The first kappa shape index (κ1) is 17.1. The number of nitrogens with zero attached hydrogens (tertiary/aromatic N) is 1. The van der Waals surface area contributed by atoms with Crippen LogP contribution in [0, 0.1) is 11.8 Å². The summed E-state index contributed by atoms with van der Waals surface area (Å²) in [4.78, 5) is 14.7. The van der Waals surface area contributed by atoms with Crippen LogP contribution < -0.4 is 20.7 Å². The number of methoxy groups -OCH3 is 1. The zero-order valence-electron chi connectivity index (χ0n) is 14.5. The van der Waals surface area contributed by atoms with Gasteiger partial charge in [0, 0.05) is 31.6 Å². The molecule has 0 radical (unpaired) electrons. The second-order valence-electron chi connectivity index (χ2n) is 7.14. The van der Waals surface area contributed by atoms with Crippen molar-refractivity contribution in [3.63, 3.8) is 0 Å². The van der Waals surface area contributed by atoms with Crippen molar-refractivity contribution in [2.24, 2.45) is 17.6 Å². The zero-order valence-corrected chi connectivity index (χ0v) is 14.5. The zero-order chi connectivity index (χ0) is 16.9. The van der Waals surface area contributed by atoms with E-state index in [-0.39, 0.29) is 17.9 Å². The Morgan fingerprint density at radius 1 is 1.33 bits per heavy atom. The smallest absolute Gasteiger partial charge is 0.223 e. The van der Waals surface area contributed by atoms with Crippen LogP contribution in [0.4, 0.5) is 5.69 Å². The van der Waals surface area contributed by atoms with Crippen LogP contribution in [0.3, 0.4) is 0 Å². The van der Waals surface area contributed by atoms with Crippen molar-refractivity contribution in [1.29, 1.82) is 0 Å². The molecule has 2 fully saturated rings. The summed E-state index contributed by atoms with van der Waals surface area (Å²) in [6.45, 7) is 2.73. The molecule has 1 aromatic carbocycles. The number of ether oxygens (including phenoxy) is 1. The van der Waals surface area contributed by atoms with Gasteiger partial charge in [-0.05, 0) is 43.7 Å². The van der Waals surface area contributed by atoms with Crippen molar-refractivity contribution in [2.45, 2.75) is 38.1 Å². The van der Waals surface area contributed by atoms with Crippen LogP contribution in [0.25, 0.3) is 0 Å². The van der Waals surface area contributed by atoms with Crippen LogP contribution in [-0.4, -0.2) is 38.7 Å². The molecule has 3 N–H and O–H groups in total. The number of anilines is 1. The molecule has 2 aliphatic rings. The maximum atomic E-state index is 12.4. The summed E-state index contributed by atoms with van der Waals surface area (Å²) in [6, 6.07) is 8.33. The Balaban J connectivity index is 1.49. The molecule has 3 atom stereocenters. The van der Waals surface area contributed by atoms with Crippen molar-refractivity contribution in [3.05, 3.63) is 24.3 Å². The van der Waals surface area contributed by atoms with Crippen LogP contribution in [0.5, 0.6) is 5.75 Å². The molecule has 0 unspecified atom stereocenters. The Bertz CT molecular complexity index is 563. The van der Waals surface area contributed by atoms with Gasteiger partial charge in [0.05, 0.1) is 12.8 Å². The number of hydrogen-bond donors (Lipinski definition) is 2. The number of benzene rings is 1. The summed E-state index contributed by atoms with van der Waals surface area (Å²) in [6.07, 6.45) is 5.05. The summed E-state index contributed by atoms with van der Waals surface area (Å²) in [5.41, 5.74) is 7.14. The largest absolute Gasteiger partial charge is 0.495 e. The van der Waals surface area contributed by atoms with Crippen LogP contribution in [0.2, 0.25) is 0 Å². The number of carbonyl (C=O) groups is 1. The molecule has 1 amide bonds. The molecular formula is C19H29N3O2. The SMILES string of the molecule is COc1ccccc1N1CC[C@H](CNC(=O)[C@H]2CCC[C@H](N)C2)C1. The number of hydrogen-bond acceptors (Lipinski definition) is 4. The van der Waals surface area contributed by atoms with Gasteiger partial charge in [-0.25, -0.2) is 0 Å². The maximum Gasteiger partial charge on any atom is 0.223 e. The van der Waals surface area contributed by atoms with Gasteiger partial charge < -0.3 is 20.7 Å². The third kappa shape index (κ3) is 4.01. The average Bonchev–Trinajstić information content (AvgIpc) is 3.08. The topological polar surface area (TPSA) is 67.6 Å². The summed E-state index contributed by atoms with van der Waals surface area (Å²) < 4.78 is 5.46. The first-order valence-corrected chi connectivity index (χ1v) is 9.08. The Kier molecular flexibility index (Phi) is 5.61. The second kappa shape index (κ2) is 7.88. The Labute approximate surface area is 144 Å². The number of nitrogens with one attached hydrogen (secondary N) is 1. The molecule has 0 spiro atoms. The lowest BCUT2D eigenvalue weighted by atomic mass is 9.85. The highest BCUT2D eigenvalue weighted by atomic mass is 16.5. The second-order valence-corrected chi connectivity index (χ2v) is 7.14. The van der Waals surface area contributed by atoms with Crippen LogP contribution in [0.1, 0.15) is 32.1 Å². The third-order valence-electron chi connectivity index (χ3n) is 5.36. The molecule has 1 saturated heterocycles. The standard InChI is InChI=1S/C19H29N3O2/c1-24-18-8-3-2-7-17(18)22-10-9-14(13-22)12-21-19(23)15-5-4-6-16(20)11-15/h2-3,7-8,14-16H,4-6,9-13,20H2,1H3,(H,21,23)/t14-,15+,16+/m1/s1. The molecule has 1 aliphatic heterocycles. The first-order valence-electron chi connectivity index (χ1n) is 9.08. The quantitative estimate of drug-likeness (QED) is 0.867. The van der Waals surface area contributed by atoms with Gasteiger partial charge in [-0.3, -0.25) is 4.79 Å². The summed E-state index contributed by atoms with van der Waals surface area (Å²) >= 11 is 0. The molecule has 1 aliphatic carbocycles. The predicted molar refractivity (Wildman–Crippen MR) is 96.3 cm³/mol. The fourth-order valence-electron chi connectivity index (χ4n) is 3.96. The van der Waals surface area contributed by atoms with Gasteiger partial charge in [0.15, 0.2) is 0 Å². The lowest BCUT2D eigenvalue weighted by Crippen LogP contribution is -2.39. The number of amides is 1. The summed E-state index contributed by atoms with van der Waals surface area (Å²) in [7, 11) is 1.71. The van der Waals surface area contributed by atoms with Crippen molar-refractivity contribution in [3.8, 4) is 5.75 Å². The Morgan fingerprint density at radius 2 is 2.17 bits per heavy atom. The van der Waals surface area contributed by atoms with E-state index in [2.05, 4.69) is 16.3 Å². The van der Waals surface area contributed by atoms with E-state index in [1.54, 1.807) is 7.11 Å². The van der Waals surface area contributed by atoms with Gasteiger partial charge in [-0.2, -0.15) is 0 Å². The highest BCUT2D eigenvalue weighted by Crippen LogP contribution is 2.31. The fraction of sp³-hybridized carbons (Fsp3) is 0.632. The van der Waals surface area contributed by atoms with Crippen LogP contribution in [0.15, 0.2) is 24.3 Å². The average molecular weight is 331 g/mol. The minimum Gasteiger partial charge on any atom is -0.495 e. The van der Waals surface area contributed by atoms with E-state index in [1.165, 1.54) is 0 Å². The summed E-state index contributed by atoms with van der Waals surface area (Å²) in [5.74, 6) is 1.72. The molecule has 5 heteroatoms. The van der Waals surface area contributed by atoms with Gasteiger partial charge in [0.25, 0.3) is 0 Å².